The second kappa shape index (κ2) is 6.21. The van der Waals surface area contributed by atoms with Crippen LogP contribution in [-0.4, -0.2) is 23.9 Å². The molecular formula is C24H40O2. The van der Waals surface area contributed by atoms with Crippen molar-refractivity contribution in [3.63, 3.8) is 0 Å². The topological polar surface area (TPSA) is 32.8 Å². The minimum Gasteiger partial charge on any atom is -0.396 e. The van der Waals surface area contributed by atoms with Crippen LogP contribution >= 0.6 is 0 Å². The second-order valence-corrected chi connectivity index (χ2v) is 11.4. The smallest absolute Gasteiger partial charge is 0.0919 e. The zero-order chi connectivity index (χ0) is 18.0. The molecule has 1 N–H and O–H groups in total. The largest absolute Gasteiger partial charge is 0.396 e. The van der Waals surface area contributed by atoms with Crippen molar-refractivity contribution in [1.82, 2.24) is 0 Å². The number of aliphatic hydroxyl groups excluding tert-OH is 1. The van der Waals surface area contributed by atoms with Crippen LogP contribution in [0.1, 0.15) is 90.9 Å². The molecule has 4 aliphatic carbocycles. The Balaban J connectivity index is 1.33. The fourth-order valence-corrected chi connectivity index (χ4v) is 8.76. The molecule has 0 aromatic heterocycles. The van der Waals surface area contributed by atoms with Gasteiger partial charge >= 0.3 is 0 Å². The first-order chi connectivity index (χ1) is 12.5. The van der Waals surface area contributed by atoms with Crippen LogP contribution in [0.15, 0.2) is 0 Å². The summed E-state index contributed by atoms with van der Waals surface area (Å²) in [6, 6.07) is 0. The van der Waals surface area contributed by atoms with Gasteiger partial charge in [-0.05, 0) is 111 Å². The summed E-state index contributed by atoms with van der Waals surface area (Å²) in [5.41, 5.74) is 1.55. The molecule has 0 bridgehead atoms. The van der Waals surface area contributed by atoms with Crippen molar-refractivity contribution in [1.29, 1.82) is 0 Å². The lowest BCUT2D eigenvalue weighted by Gasteiger charge is -2.61. The van der Waals surface area contributed by atoms with E-state index in [9.17, 15) is 0 Å². The molecule has 4 saturated carbocycles. The average Bonchev–Trinajstić information content (AvgIpc) is 3.30. The van der Waals surface area contributed by atoms with Gasteiger partial charge in [-0.2, -0.15) is 0 Å². The lowest BCUT2D eigenvalue weighted by Crippen LogP contribution is -2.54. The molecule has 0 aromatic carbocycles. The van der Waals surface area contributed by atoms with Gasteiger partial charge in [0, 0.05) is 6.61 Å². The van der Waals surface area contributed by atoms with Crippen LogP contribution in [-0.2, 0) is 4.74 Å². The Morgan fingerprint density at radius 2 is 1.69 bits per heavy atom. The zero-order valence-electron chi connectivity index (χ0n) is 17.1. The highest BCUT2D eigenvalue weighted by atomic mass is 16.6. The minimum absolute atomic E-state index is 0.339. The van der Waals surface area contributed by atoms with E-state index in [2.05, 4.69) is 13.8 Å². The summed E-state index contributed by atoms with van der Waals surface area (Å²) in [5, 5.41) is 9.16. The van der Waals surface area contributed by atoms with Crippen LogP contribution in [0, 0.1) is 40.4 Å². The van der Waals surface area contributed by atoms with Crippen molar-refractivity contribution in [2.45, 2.75) is 96.5 Å². The lowest BCUT2D eigenvalue weighted by atomic mass is 9.44. The summed E-state index contributed by atoms with van der Waals surface area (Å²) in [5.74, 6) is 4.86. The number of epoxide rings is 1. The maximum absolute atomic E-state index is 9.16. The molecule has 0 amide bonds. The van der Waals surface area contributed by atoms with E-state index in [-0.39, 0.29) is 0 Å². The number of unbranched alkanes of at least 4 members (excludes halogenated alkanes) is 1. The van der Waals surface area contributed by atoms with Crippen LogP contribution in [0.25, 0.3) is 0 Å². The molecule has 148 valence electrons. The third-order valence-electron chi connectivity index (χ3n) is 10.5. The number of fused-ring (bicyclic) bond motifs is 5. The van der Waals surface area contributed by atoms with E-state index < -0.39 is 0 Å². The van der Waals surface area contributed by atoms with Crippen LogP contribution in [0.3, 0.4) is 0 Å². The highest BCUT2D eigenvalue weighted by molar-refractivity contribution is 5.12. The van der Waals surface area contributed by atoms with Gasteiger partial charge in [0.25, 0.3) is 0 Å². The van der Waals surface area contributed by atoms with E-state index in [4.69, 9.17) is 9.84 Å². The fourth-order valence-electron chi connectivity index (χ4n) is 8.76. The standard InChI is InChI=1S/C24H40O2/c1-22-11-10-21-19(20(22)9-7-17(22)5-3-4-14-25)8-6-18-15-24(16-26-24)13-12-23(18,21)2/h17-21,25H,3-16H2,1-2H3. The summed E-state index contributed by atoms with van der Waals surface area (Å²) in [6.07, 6.45) is 16.7. The Labute approximate surface area is 160 Å². The summed E-state index contributed by atoms with van der Waals surface area (Å²) in [7, 11) is 0. The van der Waals surface area contributed by atoms with E-state index in [1.54, 1.807) is 0 Å². The van der Waals surface area contributed by atoms with E-state index in [0.717, 1.165) is 42.6 Å². The number of hydrogen-bond acceptors (Lipinski definition) is 2. The molecular weight excluding hydrogens is 320 g/mol. The first-order valence-corrected chi connectivity index (χ1v) is 11.8. The molecule has 5 fully saturated rings. The Bertz CT molecular complexity index is 540. The Morgan fingerprint density at radius 1 is 0.885 bits per heavy atom. The van der Waals surface area contributed by atoms with Crippen molar-refractivity contribution in [3.8, 4) is 0 Å². The Hall–Kier alpha value is -0.0800. The molecule has 8 atom stereocenters. The molecule has 1 heterocycles. The van der Waals surface area contributed by atoms with E-state index in [1.165, 1.54) is 70.6 Å². The van der Waals surface area contributed by atoms with Gasteiger partial charge in [0.2, 0.25) is 0 Å². The van der Waals surface area contributed by atoms with Crippen LogP contribution in [0.5, 0.6) is 0 Å². The first-order valence-electron chi connectivity index (χ1n) is 11.8. The molecule has 5 rings (SSSR count). The predicted octanol–water partition coefficient (Wildman–Crippen LogP) is 5.58. The molecule has 1 saturated heterocycles. The summed E-state index contributed by atoms with van der Waals surface area (Å²) in [6.45, 7) is 6.78. The van der Waals surface area contributed by atoms with Crippen molar-refractivity contribution < 1.29 is 9.84 Å². The van der Waals surface area contributed by atoms with Gasteiger partial charge in [-0.1, -0.05) is 20.3 Å². The maximum atomic E-state index is 9.16. The second-order valence-electron chi connectivity index (χ2n) is 11.4. The third-order valence-corrected chi connectivity index (χ3v) is 10.5. The molecule has 1 spiro atoms. The molecule has 2 heteroatoms. The van der Waals surface area contributed by atoms with Gasteiger partial charge in [-0.25, -0.2) is 0 Å². The first kappa shape index (κ1) is 18.0. The molecule has 1 aliphatic heterocycles. The molecule has 0 radical (unpaired) electrons. The number of rotatable bonds is 4. The number of hydrogen-bond donors (Lipinski definition) is 1. The van der Waals surface area contributed by atoms with Crippen LogP contribution in [0.2, 0.25) is 0 Å². The Kier molecular flexibility index (Phi) is 4.29. The van der Waals surface area contributed by atoms with E-state index >= 15 is 0 Å². The summed E-state index contributed by atoms with van der Waals surface area (Å²) < 4.78 is 5.90. The normalized spacial score (nSPS) is 55.3. The number of ether oxygens (including phenoxy) is 1. The maximum Gasteiger partial charge on any atom is 0.0919 e. The summed E-state index contributed by atoms with van der Waals surface area (Å²) >= 11 is 0. The quantitative estimate of drug-likeness (QED) is 0.524. The number of aliphatic hydroxyl groups is 1. The van der Waals surface area contributed by atoms with Gasteiger partial charge in [0.05, 0.1) is 12.2 Å². The van der Waals surface area contributed by atoms with E-state index in [0.29, 0.717) is 23.0 Å². The van der Waals surface area contributed by atoms with Crippen molar-refractivity contribution in [2.75, 3.05) is 13.2 Å². The third kappa shape index (κ3) is 2.57. The zero-order valence-corrected chi connectivity index (χ0v) is 17.1. The molecule has 0 aromatic rings. The van der Waals surface area contributed by atoms with E-state index in [1.807, 2.05) is 0 Å². The highest BCUT2D eigenvalue weighted by Crippen LogP contribution is 2.69. The highest BCUT2D eigenvalue weighted by Gasteiger charge is 2.63. The van der Waals surface area contributed by atoms with Gasteiger partial charge in [-0.15, -0.1) is 0 Å². The monoisotopic (exact) mass is 360 g/mol. The van der Waals surface area contributed by atoms with Crippen molar-refractivity contribution in [2.24, 2.45) is 40.4 Å². The SMILES string of the molecule is CC12CCC3C(CCC4CC5(CCC43C)CO5)C1CCC2CCCCO. The Morgan fingerprint density at radius 3 is 2.46 bits per heavy atom. The minimum atomic E-state index is 0.339. The van der Waals surface area contributed by atoms with Gasteiger partial charge in [-0.3, -0.25) is 0 Å². The molecule has 2 nitrogen and oxygen atoms in total. The average molecular weight is 361 g/mol. The molecule has 26 heavy (non-hydrogen) atoms. The van der Waals surface area contributed by atoms with Crippen molar-refractivity contribution >= 4 is 0 Å². The van der Waals surface area contributed by atoms with Gasteiger partial charge in [0.1, 0.15) is 0 Å². The predicted molar refractivity (Wildman–Crippen MR) is 105 cm³/mol. The van der Waals surface area contributed by atoms with Gasteiger partial charge < -0.3 is 9.84 Å². The van der Waals surface area contributed by atoms with Crippen LogP contribution < -0.4 is 0 Å². The molecule has 8 unspecified atom stereocenters. The van der Waals surface area contributed by atoms with Crippen LogP contribution in [0.4, 0.5) is 0 Å². The van der Waals surface area contributed by atoms with Gasteiger partial charge in [0.15, 0.2) is 0 Å². The van der Waals surface area contributed by atoms with Crippen molar-refractivity contribution in [3.05, 3.63) is 0 Å². The summed E-state index contributed by atoms with van der Waals surface area (Å²) in [4.78, 5) is 0. The fraction of sp³-hybridized carbons (Fsp3) is 1.00. The molecule has 5 aliphatic rings. The lowest BCUT2D eigenvalue weighted by molar-refractivity contribution is -0.120.